The van der Waals surface area contributed by atoms with Gasteiger partial charge in [0.25, 0.3) is 0 Å². The van der Waals surface area contributed by atoms with Gasteiger partial charge in [0.1, 0.15) is 0 Å². The minimum Gasteiger partial charge on any atom is -0.386 e. The van der Waals surface area contributed by atoms with Gasteiger partial charge in [-0.25, -0.2) is 9.59 Å². The van der Waals surface area contributed by atoms with Crippen LogP contribution in [0.15, 0.2) is 24.8 Å². The van der Waals surface area contributed by atoms with E-state index in [4.69, 9.17) is 9.47 Å². The fourth-order valence-corrected chi connectivity index (χ4v) is 3.10. The molecule has 2 aliphatic rings. The van der Waals surface area contributed by atoms with Gasteiger partial charge in [0, 0.05) is 18.1 Å². The second-order valence-electron chi connectivity index (χ2n) is 6.24. The summed E-state index contributed by atoms with van der Waals surface area (Å²) in [4.78, 5) is 22.9. The third-order valence-electron chi connectivity index (χ3n) is 4.35. The molecule has 0 N–H and O–H groups in total. The number of carbonyl (C=O) groups excluding carboxylic acids is 2. The highest BCUT2D eigenvalue weighted by Gasteiger charge is 2.27. The van der Waals surface area contributed by atoms with E-state index in [1.165, 1.54) is 0 Å². The Labute approximate surface area is 137 Å². The average Bonchev–Trinajstić information content (AvgIpc) is 3.20. The molecular formula is C18H26O5. The van der Waals surface area contributed by atoms with Gasteiger partial charge in [0.15, 0.2) is 6.29 Å². The Morgan fingerprint density at radius 3 is 1.91 bits per heavy atom. The van der Waals surface area contributed by atoms with Crippen molar-refractivity contribution in [3.8, 4) is 0 Å². The fourth-order valence-electron chi connectivity index (χ4n) is 3.10. The van der Waals surface area contributed by atoms with Gasteiger partial charge in [0.2, 0.25) is 0 Å². The highest BCUT2D eigenvalue weighted by atomic mass is 16.7. The van der Waals surface area contributed by atoms with E-state index in [-0.39, 0.29) is 24.2 Å². The smallest absolute Gasteiger partial charge is 0.341 e. The van der Waals surface area contributed by atoms with Crippen LogP contribution in [-0.2, 0) is 23.8 Å². The van der Waals surface area contributed by atoms with Crippen LogP contribution in [0, 0.1) is 0 Å². The van der Waals surface area contributed by atoms with Crippen molar-refractivity contribution in [2.45, 2.75) is 76.3 Å². The normalized spacial score (nSPS) is 19.2. The molecule has 23 heavy (non-hydrogen) atoms. The van der Waals surface area contributed by atoms with Crippen LogP contribution < -0.4 is 0 Å². The molecular weight excluding hydrogens is 296 g/mol. The Morgan fingerprint density at radius 2 is 1.48 bits per heavy atom. The van der Waals surface area contributed by atoms with Crippen LogP contribution in [-0.4, -0.2) is 30.4 Å². The van der Waals surface area contributed by atoms with Gasteiger partial charge in [0.05, 0.1) is 12.2 Å². The summed E-state index contributed by atoms with van der Waals surface area (Å²) in [5.41, 5.74) is 0.182. The first kappa shape index (κ1) is 17.9. The number of rotatable bonds is 8. The second kappa shape index (κ2) is 8.99. The molecule has 5 nitrogen and oxygen atoms in total. The predicted octanol–water partition coefficient (Wildman–Crippen LogP) is 3.43. The average molecular weight is 322 g/mol. The zero-order valence-corrected chi connectivity index (χ0v) is 13.6. The molecule has 0 amide bonds. The maximum Gasteiger partial charge on any atom is 0.341 e. The maximum absolute atomic E-state index is 11.8. The first-order chi connectivity index (χ1) is 11.1. The van der Waals surface area contributed by atoms with Gasteiger partial charge in [-0.15, -0.1) is 0 Å². The van der Waals surface area contributed by atoms with Gasteiger partial charge >= 0.3 is 11.9 Å². The number of carbonyl (C=O) groups is 2. The first-order valence-corrected chi connectivity index (χ1v) is 8.45. The molecule has 0 aromatic heterocycles. The third kappa shape index (κ3) is 5.92. The summed E-state index contributed by atoms with van der Waals surface area (Å²) >= 11 is 0. The monoisotopic (exact) mass is 322 g/mol. The van der Waals surface area contributed by atoms with Gasteiger partial charge in [-0.05, 0) is 25.7 Å². The molecule has 2 aliphatic carbocycles. The molecule has 0 aromatic rings. The summed E-state index contributed by atoms with van der Waals surface area (Å²) in [6, 6.07) is 0. The van der Waals surface area contributed by atoms with Crippen molar-refractivity contribution in [2.24, 2.45) is 0 Å². The predicted molar refractivity (Wildman–Crippen MR) is 85.5 cm³/mol. The molecule has 0 heterocycles. The van der Waals surface area contributed by atoms with Crippen LogP contribution in [0.4, 0.5) is 0 Å². The summed E-state index contributed by atoms with van der Waals surface area (Å²) in [6.07, 6.45) is 9.78. The lowest BCUT2D eigenvalue weighted by Crippen LogP contribution is -2.29. The number of esters is 2. The molecule has 0 aromatic carbocycles. The summed E-state index contributed by atoms with van der Waals surface area (Å²) in [5, 5.41) is 0. The van der Waals surface area contributed by atoms with Crippen molar-refractivity contribution in [1.29, 1.82) is 0 Å². The van der Waals surface area contributed by atoms with Gasteiger partial charge in [-0.3, -0.25) is 0 Å². The molecule has 2 rings (SSSR count). The molecule has 0 spiro atoms. The zero-order chi connectivity index (χ0) is 16.7. The van der Waals surface area contributed by atoms with E-state index in [0.29, 0.717) is 0 Å². The van der Waals surface area contributed by atoms with E-state index in [0.717, 1.165) is 57.4 Å². The summed E-state index contributed by atoms with van der Waals surface area (Å²) in [5.74, 6) is -1.52. The van der Waals surface area contributed by atoms with E-state index in [1.54, 1.807) is 0 Å². The van der Waals surface area contributed by atoms with Crippen molar-refractivity contribution < 1.29 is 23.8 Å². The Balaban J connectivity index is 1.88. The van der Waals surface area contributed by atoms with Crippen LogP contribution in [0.25, 0.3) is 0 Å². The molecule has 2 fully saturated rings. The van der Waals surface area contributed by atoms with E-state index in [2.05, 4.69) is 17.9 Å². The van der Waals surface area contributed by atoms with Crippen molar-refractivity contribution in [3.05, 3.63) is 24.8 Å². The maximum atomic E-state index is 11.8. The second-order valence-corrected chi connectivity index (χ2v) is 6.24. The fraction of sp³-hybridized carbons (Fsp3) is 0.667. The lowest BCUT2D eigenvalue weighted by molar-refractivity contribution is -0.191. The SMILES string of the molecule is C=CC(=O)OC(=O)C(=C)CC(OC1CCCC1)OC1CCCC1. The topological polar surface area (TPSA) is 61.8 Å². The summed E-state index contributed by atoms with van der Waals surface area (Å²) in [6.45, 7) is 6.97. The Hall–Kier alpha value is -1.46. The highest BCUT2D eigenvalue weighted by molar-refractivity contribution is 5.98. The molecule has 0 saturated heterocycles. The van der Waals surface area contributed by atoms with Crippen molar-refractivity contribution >= 4 is 11.9 Å². The lowest BCUT2D eigenvalue weighted by atomic mass is 10.2. The Morgan fingerprint density at radius 1 is 1.00 bits per heavy atom. The van der Waals surface area contributed by atoms with Crippen molar-refractivity contribution in [2.75, 3.05) is 0 Å². The van der Waals surface area contributed by atoms with Crippen molar-refractivity contribution in [1.82, 2.24) is 0 Å². The van der Waals surface area contributed by atoms with Crippen LogP contribution in [0.2, 0.25) is 0 Å². The quantitative estimate of drug-likeness (QED) is 0.296. The minimum absolute atomic E-state index is 0.181. The highest BCUT2D eigenvalue weighted by Crippen LogP contribution is 2.28. The molecule has 0 unspecified atom stereocenters. The largest absolute Gasteiger partial charge is 0.386 e. The summed E-state index contributed by atoms with van der Waals surface area (Å²) in [7, 11) is 0. The zero-order valence-electron chi connectivity index (χ0n) is 13.6. The molecule has 128 valence electrons. The van der Waals surface area contributed by atoms with Crippen LogP contribution in [0.3, 0.4) is 0 Å². The molecule has 0 atom stereocenters. The van der Waals surface area contributed by atoms with Crippen LogP contribution in [0.1, 0.15) is 57.8 Å². The first-order valence-electron chi connectivity index (χ1n) is 8.45. The Bertz CT molecular complexity index is 426. The number of hydrogen-bond acceptors (Lipinski definition) is 5. The molecule has 0 radical (unpaired) electrons. The van der Waals surface area contributed by atoms with Crippen LogP contribution in [0.5, 0.6) is 0 Å². The molecule has 0 bridgehead atoms. The van der Waals surface area contributed by atoms with Gasteiger partial charge in [-0.2, -0.15) is 0 Å². The number of ether oxygens (including phenoxy) is 3. The van der Waals surface area contributed by atoms with E-state index in [1.807, 2.05) is 0 Å². The van der Waals surface area contributed by atoms with E-state index >= 15 is 0 Å². The van der Waals surface area contributed by atoms with Gasteiger partial charge in [-0.1, -0.05) is 38.8 Å². The number of hydrogen-bond donors (Lipinski definition) is 0. The van der Waals surface area contributed by atoms with E-state index in [9.17, 15) is 9.59 Å². The summed E-state index contributed by atoms with van der Waals surface area (Å²) < 4.78 is 16.7. The van der Waals surface area contributed by atoms with Crippen molar-refractivity contribution in [3.63, 3.8) is 0 Å². The van der Waals surface area contributed by atoms with Gasteiger partial charge < -0.3 is 14.2 Å². The molecule has 2 saturated carbocycles. The Kier molecular flexibility index (Phi) is 6.99. The standard InChI is InChI=1S/C18H26O5/c1-3-16(19)23-18(20)13(2)12-17(21-14-8-4-5-9-14)22-15-10-6-7-11-15/h3,14-15,17H,1-2,4-12H2. The minimum atomic E-state index is -0.777. The van der Waals surface area contributed by atoms with E-state index < -0.39 is 18.2 Å². The lowest BCUT2D eigenvalue weighted by Gasteiger charge is -2.25. The molecule has 0 aliphatic heterocycles. The van der Waals surface area contributed by atoms with Crippen LogP contribution >= 0.6 is 0 Å². The third-order valence-corrected chi connectivity index (χ3v) is 4.35. The molecule has 5 heteroatoms.